The summed E-state index contributed by atoms with van der Waals surface area (Å²) in [5.41, 5.74) is 2.68. The van der Waals surface area contributed by atoms with E-state index in [9.17, 15) is 14.4 Å². The molecule has 22 heavy (non-hydrogen) atoms. The Balaban J connectivity index is 0. The zero-order valence-electron chi connectivity index (χ0n) is 11.6. The molecule has 0 unspecified atom stereocenters. The standard InChI is InChI=1S/C12H13N3O5.2H2O/c1-7(11(18)13-6-10(16)17)14-15-9-5-3-2-4-8(9)12(19)20;;/h2-5,15H,6H2,1H3,(H,13,18)(H,16,17)(H,19,20);2*1H2/b14-7+;;. The van der Waals surface area contributed by atoms with E-state index in [4.69, 9.17) is 10.2 Å². The highest BCUT2D eigenvalue weighted by molar-refractivity contribution is 6.38. The van der Waals surface area contributed by atoms with Crippen molar-refractivity contribution in [3.63, 3.8) is 0 Å². The number of aromatic carboxylic acids is 1. The number of hydrogen-bond donors (Lipinski definition) is 4. The highest BCUT2D eigenvalue weighted by atomic mass is 16.4. The number of carboxylic acids is 2. The molecule has 0 spiro atoms. The van der Waals surface area contributed by atoms with Crippen LogP contribution in [0.2, 0.25) is 0 Å². The van der Waals surface area contributed by atoms with E-state index in [0.29, 0.717) is 0 Å². The second-order valence-corrected chi connectivity index (χ2v) is 3.74. The molecule has 0 aliphatic rings. The second-order valence-electron chi connectivity index (χ2n) is 3.74. The molecule has 0 saturated heterocycles. The molecule has 0 fully saturated rings. The van der Waals surface area contributed by atoms with Crippen molar-refractivity contribution in [3.8, 4) is 0 Å². The summed E-state index contributed by atoms with van der Waals surface area (Å²) in [6, 6.07) is 6.06. The third-order valence-corrected chi connectivity index (χ3v) is 2.23. The Hall–Kier alpha value is -2.98. The molecule has 0 aliphatic carbocycles. The van der Waals surface area contributed by atoms with E-state index in [-0.39, 0.29) is 27.9 Å². The molecular formula is C12H17N3O7. The molecular weight excluding hydrogens is 298 g/mol. The average molecular weight is 315 g/mol. The Kier molecular flexibility index (Phi) is 9.55. The number of amides is 1. The van der Waals surface area contributed by atoms with E-state index in [2.05, 4.69) is 15.8 Å². The van der Waals surface area contributed by atoms with E-state index < -0.39 is 24.4 Å². The van der Waals surface area contributed by atoms with Crippen LogP contribution in [0, 0.1) is 0 Å². The van der Waals surface area contributed by atoms with Crippen LogP contribution in [0.1, 0.15) is 17.3 Å². The average Bonchev–Trinajstić information content (AvgIpc) is 2.42. The summed E-state index contributed by atoms with van der Waals surface area (Å²) in [5, 5.41) is 23.2. The number of carbonyl (C=O) groups excluding carboxylic acids is 1. The van der Waals surface area contributed by atoms with Crippen LogP contribution >= 0.6 is 0 Å². The van der Waals surface area contributed by atoms with Gasteiger partial charge in [-0.1, -0.05) is 12.1 Å². The number of hydrogen-bond acceptors (Lipinski definition) is 5. The minimum atomic E-state index is -1.17. The van der Waals surface area contributed by atoms with Crippen molar-refractivity contribution in [1.29, 1.82) is 0 Å². The quantitative estimate of drug-likeness (QED) is 0.373. The van der Waals surface area contributed by atoms with Gasteiger partial charge in [0, 0.05) is 0 Å². The van der Waals surface area contributed by atoms with Gasteiger partial charge in [-0.2, -0.15) is 5.10 Å². The topological polar surface area (TPSA) is 191 Å². The summed E-state index contributed by atoms with van der Waals surface area (Å²) in [5.74, 6) is -2.96. The predicted octanol–water partition coefficient (Wildman–Crippen LogP) is -1.28. The van der Waals surface area contributed by atoms with Crippen molar-refractivity contribution in [3.05, 3.63) is 29.8 Å². The van der Waals surface area contributed by atoms with Crippen molar-refractivity contribution in [2.24, 2.45) is 5.10 Å². The summed E-state index contributed by atoms with van der Waals surface area (Å²) < 4.78 is 0. The monoisotopic (exact) mass is 315 g/mol. The maximum atomic E-state index is 11.4. The highest BCUT2D eigenvalue weighted by Crippen LogP contribution is 2.14. The van der Waals surface area contributed by atoms with Crippen LogP contribution < -0.4 is 10.7 Å². The number of hydrazone groups is 1. The van der Waals surface area contributed by atoms with Crippen LogP contribution in [0.5, 0.6) is 0 Å². The van der Waals surface area contributed by atoms with Crippen molar-refractivity contribution in [2.75, 3.05) is 12.0 Å². The van der Waals surface area contributed by atoms with Gasteiger partial charge >= 0.3 is 11.9 Å². The number of nitrogens with zero attached hydrogens (tertiary/aromatic N) is 1. The molecule has 0 radical (unpaired) electrons. The first-order chi connectivity index (χ1) is 9.41. The molecule has 1 amide bonds. The molecule has 0 saturated carbocycles. The lowest BCUT2D eigenvalue weighted by molar-refractivity contribution is -0.137. The zero-order valence-corrected chi connectivity index (χ0v) is 11.6. The highest BCUT2D eigenvalue weighted by Gasteiger charge is 2.10. The van der Waals surface area contributed by atoms with Crippen LogP contribution in [-0.4, -0.2) is 51.3 Å². The molecule has 0 aromatic heterocycles. The molecule has 1 rings (SSSR count). The predicted molar refractivity (Wildman–Crippen MR) is 78.0 cm³/mol. The van der Waals surface area contributed by atoms with Crippen LogP contribution in [-0.2, 0) is 9.59 Å². The number of anilines is 1. The number of para-hydroxylation sites is 1. The van der Waals surface area contributed by atoms with E-state index >= 15 is 0 Å². The lowest BCUT2D eigenvalue weighted by Crippen LogP contribution is -2.34. The van der Waals surface area contributed by atoms with Crippen molar-refractivity contribution in [2.45, 2.75) is 6.92 Å². The Morgan fingerprint density at radius 1 is 1.14 bits per heavy atom. The van der Waals surface area contributed by atoms with Gasteiger partial charge in [-0.25, -0.2) is 4.79 Å². The maximum Gasteiger partial charge on any atom is 0.337 e. The van der Waals surface area contributed by atoms with Gasteiger partial charge in [0.15, 0.2) is 0 Å². The minimum Gasteiger partial charge on any atom is -0.480 e. The van der Waals surface area contributed by atoms with Crippen LogP contribution in [0.15, 0.2) is 29.4 Å². The minimum absolute atomic E-state index is 0. The number of carboxylic acid groups (broad SMARTS) is 2. The Morgan fingerprint density at radius 2 is 1.73 bits per heavy atom. The van der Waals surface area contributed by atoms with Crippen LogP contribution in [0.4, 0.5) is 5.69 Å². The summed E-state index contributed by atoms with van der Waals surface area (Å²) >= 11 is 0. The van der Waals surface area contributed by atoms with Crippen molar-refractivity contribution in [1.82, 2.24) is 5.32 Å². The first kappa shape index (κ1) is 21.3. The number of carbonyl (C=O) groups is 3. The maximum absolute atomic E-state index is 11.4. The molecule has 122 valence electrons. The van der Waals surface area contributed by atoms with Gasteiger partial charge in [-0.15, -0.1) is 0 Å². The SMILES string of the molecule is C/C(=N\Nc1ccccc1C(=O)O)C(=O)NCC(=O)O.O.O. The number of rotatable bonds is 6. The fraction of sp³-hybridized carbons (Fsp3) is 0.167. The lowest BCUT2D eigenvalue weighted by atomic mass is 10.2. The van der Waals surface area contributed by atoms with Gasteiger partial charge in [0.2, 0.25) is 0 Å². The van der Waals surface area contributed by atoms with E-state index in [1.807, 2.05) is 0 Å². The van der Waals surface area contributed by atoms with E-state index in [1.165, 1.54) is 19.1 Å². The Labute approximate surface area is 125 Å². The Bertz CT molecular complexity index is 572. The number of benzene rings is 1. The second kappa shape index (κ2) is 9.85. The first-order valence-electron chi connectivity index (χ1n) is 5.54. The molecule has 0 bridgehead atoms. The lowest BCUT2D eigenvalue weighted by Gasteiger charge is -2.06. The fourth-order valence-electron chi connectivity index (χ4n) is 1.25. The number of nitrogens with one attached hydrogen (secondary N) is 2. The normalized spacial score (nSPS) is 9.77. The largest absolute Gasteiger partial charge is 0.480 e. The third kappa shape index (κ3) is 6.45. The summed E-state index contributed by atoms with van der Waals surface area (Å²) in [6.45, 7) is 0.852. The molecule has 8 N–H and O–H groups in total. The van der Waals surface area contributed by atoms with E-state index in [0.717, 1.165) is 0 Å². The Morgan fingerprint density at radius 3 is 2.27 bits per heavy atom. The summed E-state index contributed by atoms with van der Waals surface area (Å²) in [6.07, 6.45) is 0. The molecule has 0 aliphatic heterocycles. The van der Waals surface area contributed by atoms with Crippen LogP contribution in [0.3, 0.4) is 0 Å². The van der Waals surface area contributed by atoms with Gasteiger partial charge in [-0.05, 0) is 19.1 Å². The fourth-order valence-corrected chi connectivity index (χ4v) is 1.25. The van der Waals surface area contributed by atoms with Gasteiger partial charge in [0.1, 0.15) is 12.3 Å². The molecule has 1 aromatic carbocycles. The van der Waals surface area contributed by atoms with Gasteiger partial charge in [0.05, 0.1) is 11.3 Å². The third-order valence-electron chi connectivity index (χ3n) is 2.23. The molecule has 1 aromatic rings. The smallest absolute Gasteiger partial charge is 0.337 e. The molecule has 10 heteroatoms. The molecule has 10 nitrogen and oxygen atoms in total. The first-order valence-corrected chi connectivity index (χ1v) is 5.54. The number of aliphatic carboxylic acids is 1. The van der Waals surface area contributed by atoms with Crippen LogP contribution in [0.25, 0.3) is 0 Å². The molecule has 0 atom stereocenters. The van der Waals surface area contributed by atoms with Crippen molar-refractivity contribution >= 4 is 29.2 Å². The van der Waals surface area contributed by atoms with Gasteiger partial charge < -0.3 is 26.5 Å². The summed E-state index contributed by atoms with van der Waals surface area (Å²) in [7, 11) is 0. The summed E-state index contributed by atoms with van der Waals surface area (Å²) in [4.78, 5) is 32.7. The van der Waals surface area contributed by atoms with Crippen molar-refractivity contribution < 1.29 is 35.5 Å². The van der Waals surface area contributed by atoms with Gasteiger partial charge in [0.25, 0.3) is 5.91 Å². The molecule has 0 heterocycles. The van der Waals surface area contributed by atoms with Gasteiger partial charge in [-0.3, -0.25) is 15.0 Å². The van der Waals surface area contributed by atoms with E-state index in [1.54, 1.807) is 12.1 Å². The zero-order chi connectivity index (χ0) is 15.1.